The summed E-state index contributed by atoms with van der Waals surface area (Å²) in [5.74, 6) is -0.566. The number of rotatable bonds is 5. The number of carbonyl (C=O) groups excluding carboxylic acids is 1. The Balaban J connectivity index is 2.68. The van der Waals surface area contributed by atoms with Gasteiger partial charge in [0.1, 0.15) is 5.82 Å². The van der Waals surface area contributed by atoms with E-state index in [0.29, 0.717) is 6.54 Å². The van der Waals surface area contributed by atoms with Gasteiger partial charge in [-0.05, 0) is 24.6 Å². The molecule has 0 aliphatic heterocycles. The highest BCUT2D eigenvalue weighted by molar-refractivity contribution is 5.79. The highest BCUT2D eigenvalue weighted by Gasteiger charge is 2.24. The minimum atomic E-state index is -0.324. The van der Waals surface area contributed by atoms with E-state index in [0.717, 1.165) is 5.56 Å². The van der Waals surface area contributed by atoms with Crippen molar-refractivity contribution in [3.63, 3.8) is 0 Å². The van der Waals surface area contributed by atoms with Gasteiger partial charge in [0, 0.05) is 23.9 Å². The van der Waals surface area contributed by atoms with Gasteiger partial charge in [0.25, 0.3) is 0 Å². The molecule has 2 unspecified atom stereocenters. The van der Waals surface area contributed by atoms with Crippen molar-refractivity contribution in [1.82, 2.24) is 5.32 Å². The normalized spacial score (nSPS) is 14.8. The smallest absolute Gasteiger partial charge is 0.224 e. The van der Waals surface area contributed by atoms with Gasteiger partial charge in [-0.25, -0.2) is 4.39 Å². The third-order valence-electron chi connectivity index (χ3n) is 3.51. The van der Waals surface area contributed by atoms with Crippen molar-refractivity contribution in [3.8, 4) is 0 Å². The van der Waals surface area contributed by atoms with Crippen LogP contribution >= 0.6 is 0 Å². The zero-order valence-corrected chi connectivity index (χ0v) is 12.0. The SMILES string of the molecule is CC(N)C(C)C(=O)NCC(C)(C)c1cccc(F)c1. The Labute approximate surface area is 114 Å². The summed E-state index contributed by atoms with van der Waals surface area (Å²) >= 11 is 0. The van der Waals surface area contributed by atoms with E-state index in [1.165, 1.54) is 12.1 Å². The molecular weight excluding hydrogens is 243 g/mol. The second kappa shape index (κ2) is 6.15. The first-order valence-electron chi connectivity index (χ1n) is 6.53. The number of amides is 1. The molecule has 0 heterocycles. The summed E-state index contributed by atoms with van der Waals surface area (Å²) in [7, 11) is 0. The van der Waals surface area contributed by atoms with Gasteiger partial charge >= 0.3 is 0 Å². The first kappa shape index (κ1) is 15.6. The molecule has 4 heteroatoms. The molecule has 3 N–H and O–H groups in total. The summed E-state index contributed by atoms with van der Waals surface area (Å²) in [6, 6.07) is 6.28. The molecule has 106 valence electrons. The molecule has 0 saturated heterocycles. The number of nitrogens with one attached hydrogen (secondary N) is 1. The first-order chi connectivity index (χ1) is 8.74. The predicted octanol–water partition coefficient (Wildman–Crippen LogP) is 2.20. The first-order valence-corrected chi connectivity index (χ1v) is 6.53. The number of benzene rings is 1. The molecule has 1 aromatic carbocycles. The summed E-state index contributed by atoms with van der Waals surface area (Å²) in [6.07, 6.45) is 0. The Kier molecular flexibility index (Phi) is 5.06. The lowest BCUT2D eigenvalue weighted by atomic mass is 9.84. The lowest BCUT2D eigenvalue weighted by Gasteiger charge is -2.27. The molecular formula is C15H23FN2O. The summed E-state index contributed by atoms with van der Waals surface area (Å²) in [5, 5.41) is 2.88. The van der Waals surface area contributed by atoms with Gasteiger partial charge in [0.05, 0.1) is 0 Å². The third-order valence-corrected chi connectivity index (χ3v) is 3.51. The molecule has 1 rings (SSSR count). The van der Waals surface area contributed by atoms with E-state index in [4.69, 9.17) is 5.73 Å². The topological polar surface area (TPSA) is 55.1 Å². The molecule has 2 atom stereocenters. The van der Waals surface area contributed by atoms with E-state index < -0.39 is 0 Å². The van der Waals surface area contributed by atoms with Gasteiger partial charge in [-0.2, -0.15) is 0 Å². The number of hydrogen-bond donors (Lipinski definition) is 2. The molecule has 0 fully saturated rings. The van der Waals surface area contributed by atoms with Crippen molar-refractivity contribution < 1.29 is 9.18 Å². The highest BCUT2D eigenvalue weighted by Crippen LogP contribution is 2.23. The molecule has 0 radical (unpaired) electrons. The predicted molar refractivity (Wildman–Crippen MR) is 75.2 cm³/mol. The van der Waals surface area contributed by atoms with E-state index in [-0.39, 0.29) is 29.1 Å². The zero-order chi connectivity index (χ0) is 14.6. The molecule has 0 aromatic heterocycles. The summed E-state index contributed by atoms with van der Waals surface area (Å²) in [4.78, 5) is 11.9. The van der Waals surface area contributed by atoms with Gasteiger partial charge in [0.15, 0.2) is 0 Å². The summed E-state index contributed by atoms with van der Waals surface area (Å²) < 4.78 is 13.2. The minimum absolute atomic E-state index is 0.0699. The molecule has 1 aromatic rings. The van der Waals surface area contributed by atoms with Gasteiger partial charge in [-0.15, -0.1) is 0 Å². The highest BCUT2D eigenvalue weighted by atomic mass is 19.1. The van der Waals surface area contributed by atoms with Gasteiger partial charge in [0.2, 0.25) is 5.91 Å². The van der Waals surface area contributed by atoms with Crippen LogP contribution in [0.4, 0.5) is 4.39 Å². The Morgan fingerprint density at radius 2 is 2.05 bits per heavy atom. The van der Waals surface area contributed by atoms with E-state index >= 15 is 0 Å². The van der Waals surface area contributed by atoms with Gasteiger partial charge in [-0.1, -0.05) is 32.9 Å². The number of carbonyl (C=O) groups is 1. The van der Waals surface area contributed by atoms with E-state index in [1.807, 2.05) is 26.8 Å². The third kappa shape index (κ3) is 4.31. The Hall–Kier alpha value is -1.42. The van der Waals surface area contributed by atoms with Crippen LogP contribution in [0.3, 0.4) is 0 Å². The van der Waals surface area contributed by atoms with Crippen LogP contribution in [-0.4, -0.2) is 18.5 Å². The summed E-state index contributed by atoms with van der Waals surface area (Å²) in [5.41, 5.74) is 6.23. The lowest BCUT2D eigenvalue weighted by molar-refractivity contribution is -0.125. The molecule has 0 bridgehead atoms. The Morgan fingerprint density at radius 3 is 2.58 bits per heavy atom. The van der Waals surface area contributed by atoms with E-state index in [9.17, 15) is 9.18 Å². The van der Waals surface area contributed by atoms with E-state index in [2.05, 4.69) is 5.32 Å². The van der Waals surface area contributed by atoms with Gasteiger partial charge in [-0.3, -0.25) is 4.79 Å². The molecule has 0 spiro atoms. The monoisotopic (exact) mass is 266 g/mol. The molecule has 1 amide bonds. The average molecular weight is 266 g/mol. The van der Waals surface area contributed by atoms with E-state index in [1.54, 1.807) is 13.0 Å². The maximum absolute atomic E-state index is 13.2. The maximum Gasteiger partial charge on any atom is 0.224 e. The number of halogens is 1. The van der Waals surface area contributed by atoms with Crippen molar-refractivity contribution in [2.24, 2.45) is 11.7 Å². The van der Waals surface area contributed by atoms with Crippen molar-refractivity contribution in [3.05, 3.63) is 35.6 Å². The number of nitrogens with two attached hydrogens (primary N) is 1. The van der Waals surface area contributed by atoms with Crippen LogP contribution in [0.25, 0.3) is 0 Å². The standard InChI is InChI=1S/C15H23FN2O/c1-10(11(2)17)14(19)18-9-15(3,4)12-6-5-7-13(16)8-12/h5-8,10-11H,9,17H2,1-4H3,(H,18,19). The molecule has 3 nitrogen and oxygen atoms in total. The van der Waals surface area contributed by atoms with Crippen LogP contribution < -0.4 is 11.1 Å². The maximum atomic E-state index is 13.2. The lowest BCUT2D eigenvalue weighted by Crippen LogP contribution is -2.43. The molecule has 0 aliphatic carbocycles. The number of hydrogen-bond acceptors (Lipinski definition) is 2. The Morgan fingerprint density at radius 1 is 1.42 bits per heavy atom. The van der Waals surface area contributed by atoms with Crippen molar-refractivity contribution in [1.29, 1.82) is 0 Å². The largest absolute Gasteiger partial charge is 0.355 e. The van der Waals surface area contributed by atoms with Crippen LogP contribution in [0.5, 0.6) is 0 Å². The molecule has 19 heavy (non-hydrogen) atoms. The fraction of sp³-hybridized carbons (Fsp3) is 0.533. The second-order valence-corrected chi connectivity index (χ2v) is 5.76. The zero-order valence-electron chi connectivity index (χ0n) is 12.0. The van der Waals surface area contributed by atoms with Crippen LogP contribution in [-0.2, 0) is 10.2 Å². The van der Waals surface area contributed by atoms with Crippen molar-refractivity contribution in [2.75, 3.05) is 6.54 Å². The fourth-order valence-corrected chi connectivity index (χ4v) is 1.72. The average Bonchev–Trinajstić information content (AvgIpc) is 2.35. The van der Waals surface area contributed by atoms with Crippen LogP contribution in [0.1, 0.15) is 33.3 Å². The van der Waals surface area contributed by atoms with Crippen LogP contribution in [0.15, 0.2) is 24.3 Å². The van der Waals surface area contributed by atoms with Crippen molar-refractivity contribution in [2.45, 2.75) is 39.2 Å². The Bertz CT molecular complexity index is 444. The fourth-order valence-electron chi connectivity index (χ4n) is 1.72. The molecule has 0 saturated carbocycles. The van der Waals surface area contributed by atoms with Crippen LogP contribution in [0, 0.1) is 11.7 Å². The van der Waals surface area contributed by atoms with Crippen LogP contribution in [0.2, 0.25) is 0 Å². The van der Waals surface area contributed by atoms with Crippen molar-refractivity contribution >= 4 is 5.91 Å². The molecule has 0 aliphatic rings. The quantitative estimate of drug-likeness (QED) is 0.858. The minimum Gasteiger partial charge on any atom is -0.355 e. The summed E-state index contributed by atoms with van der Waals surface area (Å²) in [6.45, 7) is 8.00. The second-order valence-electron chi connectivity index (χ2n) is 5.76. The van der Waals surface area contributed by atoms with Gasteiger partial charge < -0.3 is 11.1 Å².